The molecule has 3 aromatic heterocycles. The molecule has 1 saturated heterocycles. The molecule has 1 amide bonds. The predicted molar refractivity (Wildman–Crippen MR) is 149 cm³/mol. The largest absolute Gasteiger partial charge is 0.352 e. The van der Waals surface area contributed by atoms with Gasteiger partial charge < -0.3 is 20.1 Å². The van der Waals surface area contributed by atoms with E-state index in [-0.39, 0.29) is 18.0 Å². The summed E-state index contributed by atoms with van der Waals surface area (Å²) in [5.74, 6) is -0.0413. The highest BCUT2D eigenvalue weighted by atomic mass is 32.1. The Bertz CT molecular complexity index is 1390. The number of pyridine rings is 2. The maximum Gasteiger partial charge on any atom is 0.226 e. The van der Waals surface area contributed by atoms with Crippen molar-refractivity contribution in [1.82, 2.24) is 24.8 Å². The molecule has 0 aliphatic carbocycles. The topological polar surface area (TPSA) is 75.1 Å². The lowest BCUT2D eigenvalue weighted by Crippen LogP contribution is -2.33. The van der Waals surface area contributed by atoms with Crippen LogP contribution < -0.4 is 10.6 Å². The Labute approximate surface area is 222 Å². The molecule has 0 bridgehead atoms. The first-order valence-electron chi connectivity index (χ1n) is 12.4. The van der Waals surface area contributed by atoms with E-state index in [1.54, 1.807) is 6.20 Å². The highest BCUT2D eigenvalue weighted by molar-refractivity contribution is 7.80. The summed E-state index contributed by atoms with van der Waals surface area (Å²) in [5, 5.41) is 7.16. The van der Waals surface area contributed by atoms with Gasteiger partial charge in [0.25, 0.3) is 0 Å². The van der Waals surface area contributed by atoms with Gasteiger partial charge in [-0.1, -0.05) is 24.3 Å². The van der Waals surface area contributed by atoms with Gasteiger partial charge in [-0.25, -0.2) is 0 Å². The third-order valence-electron chi connectivity index (χ3n) is 6.67. The summed E-state index contributed by atoms with van der Waals surface area (Å²) in [5.41, 5.74) is 5.96. The van der Waals surface area contributed by atoms with Gasteiger partial charge in [0.2, 0.25) is 5.91 Å². The molecule has 4 heterocycles. The first-order valence-corrected chi connectivity index (χ1v) is 12.8. The molecule has 2 N–H and O–H groups in total. The van der Waals surface area contributed by atoms with E-state index in [2.05, 4.69) is 42.3 Å². The fourth-order valence-corrected chi connectivity index (χ4v) is 5.11. The Morgan fingerprint density at radius 2 is 1.84 bits per heavy atom. The van der Waals surface area contributed by atoms with E-state index in [1.165, 1.54) is 0 Å². The highest BCUT2D eigenvalue weighted by Crippen LogP contribution is 2.39. The number of amides is 1. The van der Waals surface area contributed by atoms with E-state index in [4.69, 9.17) is 12.2 Å². The summed E-state index contributed by atoms with van der Waals surface area (Å²) in [6.07, 6.45) is 5.97. The van der Waals surface area contributed by atoms with Gasteiger partial charge >= 0.3 is 0 Å². The lowest BCUT2D eigenvalue weighted by molar-refractivity contribution is -0.116. The van der Waals surface area contributed by atoms with Crippen molar-refractivity contribution in [2.75, 3.05) is 11.9 Å². The molecule has 1 aromatic carbocycles. The molecule has 0 radical (unpaired) electrons. The zero-order valence-electron chi connectivity index (χ0n) is 21.0. The smallest absolute Gasteiger partial charge is 0.226 e. The van der Waals surface area contributed by atoms with Crippen LogP contribution in [0.15, 0.2) is 85.3 Å². The molecule has 2 atom stereocenters. The van der Waals surface area contributed by atoms with Crippen LogP contribution in [0, 0.1) is 13.8 Å². The fraction of sp³-hybridized carbons (Fsp3) is 0.241. The molecule has 1 aliphatic heterocycles. The summed E-state index contributed by atoms with van der Waals surface area (Å²) in [4.78, 5) is 24.2. The fourth-order valence-electron chi connectivity index (χ4n) is 4.78. The van der Waals surface area contributed by atoms with Crippen molar-refractivity contribution in [3.8, 4) is 0 Å². The number of hydrogen-bond acceptors (Lipinski definition) is 4. The number of carbonyl (C=O) groups is 1. The minimum absolute atomic E-state index is 0.0413. The Morgan fingerprint density at radius 3 is 2.59 bits per heavy atom. The van der Waals surface area contributed by atoms with Crippen molar-refractivity contribution >= 4 is 28.9 Å². The molecular formula is C29H30N6OS. The SMILES string of the molecule is Cc1ccc(C)c(NC(=O)CCN2C(=S)N[C@@H](c3ccccn3)[C@@H]2c2cccn2Cc2ccccn2)c1. The number of hydrogen-bond donors (Lipinski definition) is 2. The second kappa shape index (κ2) is 10.9. The van der Waals surface area contributed by atoms with Crippen molar-refractivity contribution in [2.45, 2.75) is 38.9 Å². The third-order valence-corrected chi connectivity index (χ3v) is 7.02. The normalized spacial score (nSPS) is 17.0. The average molecular weight is 511 g/mol. The Balaban J connectivity index is 1.40. The summed E-state index contributed by atoms with van der Waals surface area (Å²) in [7, 11) is 0. The number of anilines is 1. The van der Waals surface area contributed by atoms with E-state index in [0.29, 0.717) is 24.6 Å². The number of nitrogens with zero attached hydrogens (tertiary/aromatic N) is 4. The maximum absolute atomic E-state index is 13.0. The van der Waals surface area contributed by atoms with Crippen LogP contribution in [0.4, 0.5) is 5.69 Å². The van der Waals surface area contributed by atoms with Crippen molar-refractivity contribution in [3.63, 3.8) is 0 Å². The van der Waals surface area contributed by atoms with Gasteiger partial charge in [-0.15, -0.1) is 0 Å². The van der Waals surface area contributed by atoms with E-state index < -0.39 is 0 Å². The predicted octanol–water partition coefficient (Wildman–Crippen LogP) is 4.94. The first kappa shape index (κ1) is 24.6. The second-order valence-corrected chi connectivity index (χ2v) is 9.71. The number of thiocarbonyl (C=S) groups is 1. The summed E-state index contributed by atoms with van der Waals surface area (Å²) >= 11 is 5.79. The lowest BCUT2D eigenvalue weighted by atomic mass is 10.0. The lowest BCUT2D eigenvalue weighted by Gasteiger charge is -2.28. The van der Waals surface area contributed by atoms with Gasteiger partial charge in [-0.05, 0) is 79.7 Å². The van der Waals surface area contributed by atoms with Crippen molar-refractivity contribution < 1.29 is 4.79 Å². The summed E-state index contributed by atoms with van der Waals surface area (Å²) < 4.78 is 2.20. The van der Waals surface area contributed by atoms with Crippen LogP contribution in [-0.2, 0) is 11.3 Å². The molecule has 188 valence electrons. The average Bonchev–Trinajstić information content (AvgIpc) is 3.49. The van der Waals surface area contributed by atoms with Crippen LogP contribution >= 0.6 is 12.2 Å². The van der Waals surface area contributed by atoms with E-state index >= 15 is 0 Å². The van der Waals surface area contributed by atoms with Crippen molar-refractivity contribution in [1.29, 1.82) is 0 Å². The number of rotatable bonds is 8. The minimum atomic E-state index is -0.145. The molecule has 37 heavy (non-hydrogen) atoms. The van der Waals surface area contributed by atoms with Crippen molar-refractivity contribution in [2.24, 2.45) is 0 Å². The molecule has 8 heteroatoms. The standard InChI is InChI=1S/C29H30N6OS/c1-20-11-12-21(2)24(18-20)32-26(36)13-17-35-28(27(33-29(35)37)23-9-4-6-15-31-23)25-10-7-16-34(25)19-22-8-3-5-14-30-22/h3-12,14-16,18,27-28H,13,17,19H2,1-2H3,(H,32,36)(H,33,37)/t27-,28-/m0/s1. The number of benzene rings is 1. The molecule has 1 aliphatic rings. The number of carbonyl (C=O) groups excluding carboxylic acids is 1. The van der Waals surface area contributed by atoms with Crippen LogP contribution in [0.25, 0.3) is 0 Å². The second-order valence-electron chi connectivity index (χ2n) is 9.32. The number of aryl methyl sites for hydroxylation is 2. The molecular weight excluding hydrogens is 480 g/mol. The molecule has 4 aromatic rings. The van der Waals surface area contributed by atoms with Crippen LogP contribution in [0.5, 0.6) is 0 Å². The minimum Gasteiger partial charge on any atom is -0.352 e. The van der Waals surface area contributed by atoms with Gasteiger partial charge in [0, 0.05) is 42.9 Å². The first-order chi connectivity index (χ1) is 18.0. The zero-order valence-corrected chi connectivity index (χ0v) is 21.8. The monoisotopic (exact) mass is 510 g/mol. The molecule has 7 nitrogen and oxygen atoms in total. The Kier molecular flexibility index (Phi) is 7.28. The van der Waals surface area contributed by atoms with Crippen LogP contribution in [0.2, 0.25) is 0 Å². The Hall–Kier alpha value is -4.04. The molecule has 0 saturated carbocycles. The highest BCUT2D eigenvalue weighted by Gasteiger charge is 2.41. The zero-order chi connectivity index (χ0) is 25.8. The Morgan fingerprint density at radius 1 is 1.03 bits per heavy atom. The molecule has 1 fully saturated rings. The van der Waals surface area contributed by atoms with E-state index in [0.717, 1.165) is 33.9 Å². The van der Waals surface area contributed by atoms with Crippen LogP contribution in [0.1, 0.15) is 46.7 Å². The summed E-state index contributed by atoms with van der Waals surface area (Å²) in [6.45, 7) is 5.14. The maximum atomic E-state index is 13.0. The van der Waals surface area contributed by atoms with Crippen molar-refractivity contribution in [3.05, 3.63) is 114 Å². The molecule has 0 unspecified atom stereocenters. The number of nitrogens with one attached hydrogen (secondary N) is 2. The molecule has 0 spiro atoms. The quantitative estimate of drug-likeness (QED) is 0.327. The van der Waals surface area contributed by atoms with Gasteiger partial charge in [0.05, 0.1) is 30.0 Å². The van der Waals surface area contributed by atoms with Gasteiger partial charge in [-0.2, -0.15) is 0 Å². The van der Waals surface area contributed by atoms with Gasteiger partial charge in [0.1, 0.15) is 0 Å². The van der Waals surface area contributed by atoms with Crippen LogP contribution in [0.3, 0.4) is 0 Å². The van der Waals surface area contributed by atoms with E-state index in [1.807, 2.05) is 80.7 Å². The summed E-state index contributed by atoms with van der Waals surface area (Å²) in [6, 6.07) is 21.8. The van der Waals surface area contributed by atoms with Gasteiger partial charge in [0.15, 0.2) is 5.11 Å². The van der Waals surface area contributed by atoms with Crippen LogP contribution in [-0.4, -0.2) is 37.0 Å². The third kappa shape index (κ3) is 5.54. The number of aromatic nitrogens is 3. The van der Waals surface area contributed by atoms with Gasteiger partial charge in [-0.3, -0.25) is 14.8 Å². The molecule has 5 rings (SSSR count). The van der Waals surface area contributed by atoms with E-state index in [9.17, 15) is 4.79 Å².